The van der Waals surface area contributed by atoms with Gasteiger partial charge in [0.2, 0.25) is 0 Å². The molecule has 204 valence electrons. The molecule has 0 saturated heterocycles. The van der Waals surface area contributed by atoms with Crippen LogP contribution in [0, 0.1) is 17.3 Å². The lowest BCUT2D eigenvalue weighted by Gasteiger charge is -2.48. The molecule has 0 aromatic heterocycles. The topological polar surface area (TPSA) is 60.4 Å². The van der Waals surface area contributed by atoms with Crippen molar-refractivity contribution >= 4 is 15.6 Å². The highest BCUT2D eigenvalue weighted by Crippen LogP contribution is 2.59. The van der Waals surface area contributed by atoms with Crippen LogP contribution in [-0.4, -0.2) is 25.6 Å². The number of benzene rings is 2. The van der Waals surface area contributed by atoms with Crippen LogP contribution in [0.2, 0.25) is 0 Å². The number of ether oxygens (including phenoxy) is 1. The van der Waals surface area contributed by atoms with E-state index < -0.39 is 26.8 Å². The lowest BCUT2D eigenvalue weighted by molar-refractivity contribution is -0.137. The molecule has 3 fully saturated rings. The standard InChI is InChI=1S/C30H33F3O4S/c1-29-15-14-25-24-11-6-20(16-18(24)2-10-26(25)27(29)12-13-28(29)34)37-21-5-9-23(17-21)38(35,36)22-7-3-19(4-8-22)30(31,32)33/h3-4,6-8,11,16,21,23,25-27H,2,5,9-10,12-15,17H2,1H3/t21-,23+,25-,26-,27+,29+/m1/s1. The highest BCUT2D eigenvalue weighted by atomic mass is 32.2. The minimum absolute atomic E-state index is 0.0768. The first kappa shape index (κ1) is 25.9. The highest BCUT2D eigenvalue weighted by molar-refractivity contribution is 7.92. The van der Waals surface area contributed by atoms with Gasteiger partial charge in [-0.15, -0.1) is 0 Å². The third-order valence-corrected chi connectivity index (χ3v) is 12.2. The van der Waals surface area contributed by atoms with Crippen LogP contribution in [-0.2, 0) is 27.2 Å². The third kappa shape index (κ3) is 4.27. The van der Waals surface area contributed by atoms with Crippen molar-refractivity contribution in [3.05, 3.63) is 59.2 Å². The third-order valence-electron chi connectivity index (χ3n) is 10.00. The Labute approximate surface area is 221 Å². The summed E-state index contributed by atoms with van der Waals surface area (Å²) in [6.45, 7) is 2.18. The van der Waals surface area contributed by atoms with Gasteiger partial charge in [0.25, 0.3) is 0 Å². The van der Waals surface area contributed by atoms with Crippen molar-refractivity contribution in [1.29, 1.82) is 0 Å². The van der Waals surface area contributed by atoms with E-state index in [2.05, 4.69) is 19.1 Å². The van der Waals surface area contributed by atoms with Gasteiger partial charge in [-0.2, -0.15) is 13.2 Å². The Morgan fingerprint density at radius 2 is 1.71 bits per heavy atom. The molecule has 0 radical (unpaired) electrons. The summed E-state index contributed by atoms with van der Waals surface area (Å²) in [6, 6.07) is 10.0. The van der Waals surface area contributed by atoms with Gasteiger partial charge in [0.05, 0.1) is 15.7 Å². The van der Waals surface area contributed by atoms with Crippen molar-refractivity contribution in [3.8, 4) is 5.75 Å². The Hall–Kier alpha value is -2.35. The average Bonchev–Trinajstić information content (AvgIpc) is 3.48. The van der Waals surface area contributed by atoms with E-state index in [1.807, 2.05) is 6.07 Å². The maximum Gasteiger partial charge on any atom is 0.416 e. The number of carbonyl (C=O) groups excluding carboxylic acids is 1. The van der Waals surface area contributed by atoms with E-state index in [0.717, 1.165) is 68.5 Å². The maximum atomic E-state index is 13.1. The number of Topliss-reactive ketones (excluding diaryl/α,β-unsaturated/α-hetero) is 1. The predicted molar refractivity (Wildman–Crippen MR) is 137 cm³/mol. The van der Waals surface area contributed by atoms with Crippen LogP contribution >= 0.6 is 0 Å². The fourth-order valence-corrected chi connectivity index (χ4v) is 9.73. The van der Waals surface area contributed by atoms with Crippen molar-refractivity contribution in [1.82, 2.24) is 0 Å². The number of fused-ring (bicyclic) bond motifs is 5. The van der Waals surface area contributed by atoms with E-state index in [-0.39, 0.29) is 16.4 Å². The molecule has 38 heavy (non-hydrogen) atoms. The Morgan fingerprint density at radius 1 is 0.947 bits per heavy atom. The van der Waals surface area contributed by atoms with Crippen molar-refractivity contribution in [2.75, 3.05) is 0 Å². The second-order valence-corrected chi connectivity index (χ2v) is 14.2. The lowest BCUT2D eigenvalue weighted by atomic mass is 9.55. The summed E-state index contributed by atoms with van der Waals surface area (Å²) in [6.07, 6.45) is 2.37. The monoisotopic (exact) mass is 546 g/mol. The van der Waals surface area contributed by atoms with Crippen LogP contribution in [0.15, 0.2) is 47.4 Å². The quantitative estimate of drug-likeness (QED) is 0.418. The van der Waals surface area contributed by atoms with E-state index in [1.165, 1.54) is 11.1 Å². The number of sulfone groups is 1. The van der Waals surface area contributed by atoms with Gasteiger partial charge in [-0.25, -0.2) is 8.42 Å². The molecular weight excluding hydrogens is 513 g/mol. The molecule has 6 rings (SSSR count). The van der Waals surface area contributed by atoms with Crippen LogP contribution in [0.4, 0.5) is 13.2 Å². The van der Waals surface area contributed by atoms with Crippen LogP contribution in [0.5, 0.6) is 5.75 Å². The van der Waals surface area contributed by atoms with Crippen molar-refractivity contribution in [2.45, 2.75) is 93.1 Å². The Kier molecular flexibility index (Phi) is 6.21. The fourth-order valence-electron chi connectivity index (χ4n) is 7.91. The van der Waals surface area contributed by atoms with Gasteiger partial charge >= 0.3 is 6.18 Å². The number of carbonyl (C=O) groups is 1. The Morgan fingerprint density at radius 3 is 2.45 bits per heavy atom. The second kappa shape index (κ2) is 9.10. The number of alkyl halides is 3. The SMILES string of the molecule is C[C@]12CC[C@@H]3c4ccc(O[C@@H]5CC[C@H](S(=O)(=O)c6ccc(C(F)(F)F)cc6)C5)cc4CC[C@H]3[C@@H]1CCC2=O. The summed E-state index contributed by atoms with van der Waals surface area (Å²) in [7, 11) is -3.74. The van der Waals surface area contributed by atoms with Crippen LogP contribution in [0.25, 0.3) is 0 Å². The molecule has 0 aliphatic heterocycles. The molecule has 0 unspecified atom stereocenters. The molecular formula is C30H33F3O4S. The molecule has 6 atom stereocenters. The van der Waals surface area contributed by atoms with Gasteiger partial charge in [0.1, 0.15) is 17.6 Å². The van der Waals surface area contributed by atoms with Gasteiger partial charge in [-0.3, -0.25) is 4.79 Å². The van der Waals surface area contributed by atoms with Crippen LogP contribution < -0.4 is 4.74 Å². The van der Waals surface area contributed by atoms with Gasteiger partial charge in [-0.1, -0.05) is 13.0 Å². The first-order chi connectivity index (χ1) is 18.0. The minimum Gasteiger partial charge on any atom is -0.490 e. The summed E-state index contributed by atoms with van der Waals surface area (Å²) in [5.74, 6) is 2.73. The summed E-state index contributed by atoms with van der Waals surface area (Å²) in [4.78, 5) is 12.5. The van der Waals surface area contributed by atoms with E-state index >= 15 is 0 Å². The first-order valence-corrected chi connectivity index (χ1v) is 15.3. The molecule has 2 aromatic carbocycles. The summed E-state index contributed by atoms with van der Waals surface area (Å²) >= 11 is 0. The fraction of sp³-hybridized carbons (Fsp3) is 0.567. The summed E-state index contributed by atoms with van der Waals surface area (Å²) < 4.78 is 71.0. The molecule has 2 aromatic rings. The van der Waals surface area contributed by atoms with Gasteiger partial charge in [-0.05, 0) is 110 Å². The maximum absolute atomic E-state index is 13.1. The number of hydrogen-bond acceptors (Lipinski definition) is 4. The second-order valence-electron chi connectivity index (χ2n) is 11.9. The van der Waals surface area contributed by atoms with Gasteiger partial charge in [0.15, 0.2) is 9.84 Å². The first-order valence-electron chi connectivity index (χ1n) is 13.7. The van der Waals surface area contributed by atoms with Crippen molar-refractivity contribution < 1.29 is 31.1 Å². The van der Waals surface area contributed by atoms with Crippen molar-refractivity contribution in [2.24, 2.45) is 17.3 Å². The van der Waals surface area contributed by atoms with Gasteiger partial charge < -0.3 is 4.74 Å². The zero-order valence-corrected chi connectivity index (χ0v) is 22.3. The highest BCUT2D eigenvalue weighted by Gasteiger charge is 2.54. The normalized spacial score (nSPS) is 32.9. The molecule has 3 saturated carbocycles. The predicted octanol–water partition coefficient (Wildman–Crippen LogP) is 6.90. The van der Waals surface area contributed by atoms with E-state index in [9.17, 15) is 26.4 Å². The number of hydrogen-bond donors (Lipinski definition) is 0. The molecule has 8 heteroatoms. The molecule has 0 heterocycles. The number of ketones is 1. The molecule has 0 N–H and O–H groups in total. The number of rotatable bonds is 4. The number of aryl methyl sites for hydroxylation is 1. The van der Waals surface area contributed by atoms with E-state index in [1.54, 1.807) is 0 Å². The average molecular weight is 547 g/mol. The molecule has 0 spiro atoms. The van der Waals surface area contributed by atoms with E-state index in [0.29, 0.717) is 42.8 Å². The Balaban J connectivity index is 1.12. The minimum atomic E-state index is -4.50. The largest absolute Gasteiger partial charge is 0.490 e. The molecule has 4 aliphatic rings. The molecule has 0 bridgehead atoms. The number of halogens is 3. The summed E-state index contributed by atoms with van der Waals surface area (Å²) in [5.41, 5.74) is 1.68. The summed E-state index contributed by atoms with van der Waals surface area (Å²) in [5, 5.41) is -0.673. The van der Waals surface area contributed by atoms with Crippen molar-refractivity contribution in [3.63, 3.8) is 0 Å². The lowest BCUT2D eigenvalue weighted by Crippen LogP contribution is -2.42. The van der Waals surface area contributed by atoms with E-state index in [4.69, 9.17) is 4.74 Å². The molecule has 4 nitrogen and oxygen atoms in total. The molecule has 4 aliphatic carbocycles. The smallest absolute Gasteiger partial charge is 0.416 e. The Bertz CT molecular complexity index is 1350. The van der Waals surface area contributed by atoms with Crippen LogP contribution in [0.1, 0.15) is 80.9 Å². The van der Waals surface area contributed by atoms with Crippen LogP contribution in [0.3, 0.4) is 0 Å². The molecule has 0 amide bonds. The van der Waals surface area contributed by atoms with Gasteiger partial charge in [0, 0.05) is 18.3 Å². The zero-order chi connectivity index (χ0) is 26.9. The zero-order valence-electron chi connectivity index (χ0n) is 21.5.